The van der Waals surface area contributed by atoms with E-state index in [0.29, 0.717) is 5.56 Å². The van der Waals surface area contributed by atoms with Crippen LogP contribution in [0.25, 0.3) is 0 Å². The van der Waals surface area contributed by atoms with Gasteiger partial charge in [0.25, 0.3) is 0 Å². The Kier molecular flexibility index (Phi) is 5.77. The number of pyridine rings is 1. The number of alkyl halides is 3. The van der Waals surface area contributed by atoms with E-state index in [1.165, 1.54) is 30.6 Å². The molecule has 0 unspecified atom stereocenters. The normalized spacial score (nSPS) is 13.7. The molecule has 0 spiro atoms. The molecule has 0 aliphatic carbocycles. The fraction of sp³-hybridized carbons (Fsp3) is 0.462. The first-order chi connectivity index (χ1) is 10.7. The maximum Gasteiger partial charge on any atom is 0.442 e. The minimum Gasteiger partial charge on any atom is -0.466 e. The summed E-state index contributed by atoms with van der Waals surface area (Å²) in [7, 11) is 0.764. The number of amides is 1. The highest BCUT2D eigenvalue weighted by Crippen LogP contribution is 2.32. The predicted octanol–water partition coefficient (Wildman–Crippen LogP) is 1.98. The number of anilines is 1. The summed E-state index contributed by atoms with van der Waals surface area (Å²) in [5, 5.41) is 3.35. The van der Waals surface area contributed by atoms with Gasteiger partial charge in [-0.05, 0) is 25.5 Å². The fourth-order valence-corrected chi connectivity index (χ4v) is 1.60. The molecule has 2 N–H and O–H groups in total. The Hall–Kier alpha value is -2.52. The molecule has 0 radical (unpaired) electrons. The largest absolute Gasteiger partial charge is 0.466 e. The number of nitrogens with zero attached hydrogens (tertiary/aromatic N) is 1. The van der Waals surface area contributed by atoms with E-state index in [2.05, 4.69) is 14.5 Å². The third-order valence-corrected chi connectivity index (χ3v) is 2.71. The van der Waals surface area contributed by atoms with Crippen molar-refractivity contribution < 1.29 is 32.2 Å². The van der Waals surface area contributed by atoms with Gasteiger partial charge in [0.15, 0.2) is 0 Å². The SMILES string of the molecule is CCOC(=O)N[C@@](Nc1ccc(C)cn1)(C(=O)OC)C(F)(F)F. The first-order valence-corrected chi connectivity index (χ1v) is 6.47. The molecule has 128 valence electrons. The Balaban J connectivity index is 3.28. The molecule has 0 fully saturated rings. The van der Waals surface area contributed by atoms with E-state index in [1.54, 1.807) is 6.92 Å². The van der Waals surface area contributed by atoms with E-state index in [1.807, 2.05) is 5.32 Å². The van der Waals surface area contributed by atoms with Crippen LogP contribution in [-0.2, 0) is 14.3 Å². The molecule has 1 heterocycles. The number of nitrogens with one attached hydrogen (secondary N) is 2. The monoisotopic (exact) mass is 335 g/mol. The van der Waals surface area contributed by atoms with Crippen LogP contribution in [0.2, 0.25) is 0 Å². The second-order valence-corrected chi connectivity index (χ2v) is 4.43. The molecule has 0 saturated carbocycles. The summed E-state index contributed by atoms with van der Waals surface area (Å²) in [4.78, 5) is 27.0. The molecule has 1 aromatic heterocycles. The third-order valence-electron chi connectivity index (χ3n) is 2.71. The van der Waals surface area contributed by atoms with Gasteiger partial charge in [0, 0.05) is 6.20 Å². The van der Waals surface area contributed by atoms with E-state index in [4.69, 9.17) is 0 Å². The lowest BCUT2D eigenvalue weighted by atomic mass is 10.1. The molecule has 0 aromatic carbocycles. The van der Waals surface area contributed by atoms with E-state index in [0.717, 1.165) is 7.11 Å². The molecule has 0 saturated heterocycles. The number of aryl methyl sites for hydroxylation is 1. The van der Waals surface area contributed by atoms with Crippen molar-refractivity contribution in [3.8, 4) is 0 Å². The standard InChI is InChI=1S/C13H16F3N3O4/c1-4-23-11(21)19-12(10(20)22-3,13(14,15)16)18-9-6-5-8(2)7-17-9/h5-7H,4H2,1-3H3,(H,17,18)(H,19,21)/t12-/m0/s1. The number of alkyl carbamates (subject to hydrolysis) is 1. The van der Waals surface area contributed by atoms with Crippen LogP contribution >= 0.6 is 0 Å². The molecular weight excluding hydrogens is 319 g/mol. The highest BCUT2D eigenvalue weighted by Gasteiger charge is 2.64. The molecule has 0 aliphatic rings. The van der Waals surface area contributed by atoms with Crippen LogP contribution in [0, 0.1) is 6.92 Å². The number of carbonyl (C=O) groups excluding carboxylic acids is 2. The van der Waals surface area contributed by atoms with Gasteiger partial charge in [-0.3, -0.25) is 5.32 Å². The minimum atomic E-state index is -5.22. The van der Waals surface area contributed by atoms with Crippen LogP contribution in [0.15, 0.2) is 18.3 Å². The lowest BCUT2D eigenvalue weighted by Gasteiger charge is -2.34. The molecular formula is C13H16F3N3O4. The average molecular weight is 335 g/mol. The lowest BCUT2D eigenvalue weighted by molar-refractivity contribution is -0.203. The topological polar surface area (TPSA) is 89.5 Å². The summed E-state index contributed by atoms with van der Waals surface area (Å²) < 4.78 is 49.2. The fourth-order valence-electron chi connectivity index (χ4n) is 1.60. The van der Waals surface area contributed by atoms with Crippen molar-refractivity contribution in [2.24, 2.45) is 0 Å². The summed E-state index contributed by atoms with van der Waals surface area (Å²) in [6.07, 6.45) is -5.36. The highest BCUT2D eigenvalue weighted by atomic mass is 19.4. The van der Waals surface area contributed by atoms with Crippen LogP contribution < -0.4 is 10.6 Å². The molecule has 1 amide bonds. The smallest absolute Gasteiger partial charge is 0.442 e. The molecule has 10 heteroatoms. The van der Waals surface area contributed by atoms with Gasteiger partial charge in [-0.2, -0.15) is 13.2 Å². The Morgan fingerprint density at radius 3 is 2.39 bits per heavy atom. The number of hydrogen-bond acceptors (Lipinski definition) is 6. The van der Waals surface area contributed by atoms with Crippen molar-refractivity contribution in [3.63, 3.8) is 0 Å². The average Bonchev–Trinajstić information content (AvgIpc) is 2.47. The van der Waals surface area contributed by atoms with Gasteiger partial charge in [-0.15, -0.1) is 0 Å². The molecule has 1 rings (SSSR count). The number of hydrogen-bond donors (Lipinski definition) is 2. The Morgan fingerprint density at radius 1 is 1.30 bits per heavy atom. The van der Waals surface area contributed by atoms with Crippen molar-refractivity contribution in [2.75, 3.05) is 19.0 Å². The van der Waals surface area contributed by atoms with Crippen molar-refractivity contribution in [2.45, 2.75) is 25.7 Å². The van der Waals surface area contributed by atoms with Gasteiger partial charge in [0.05, 0.1) is 13.7 Å². The molecule has 0 aliphatic heterocycles. The van der Waals surface area contributed by atoms with Crippen LogP contribution in [0.5, 0.6) is 0 Å². The van der Waals surface area contributed by atoms with Gasteiger partial charge < -0.3 is 14.8 Å². The summed E-state index contributed by atoms with van der Waals surface area (Å²) >= 11 is 0. The van der Waals surface area contributed by atoms with E-state index >= 15 is 0 Å². The Bertz CT molecular complexity index is 563. The molecule has 1 atom stereocenters. The zero-order chi connectivity index (χ0) is 17.7. The number of esters is 1. The van der Waals surface area contributed by atoms with Crippen LogP contribution in [0.4, 0.5) is 23.8 Å². The maximum atomic E-state index is 13.5. The number of methoxy groups -OCH3 is 1. The van der Waals surface area contributed by atoms with Gasteiger partial charge in [-0.1, -0.05) is 6.07 Å². The van der Waals surface area contributed by atoms with Crippen molar-refractivity contribution in [1.29, 1.82) is 0 Å². The minimum absolute atomic E-state index is 0.177. The van der Waals surface area contributed by atoms with Gasteiger partial charge >= 0.3 is 23.9 Å². The number of carbonyl (C=O) groups is 2. The zero-order valence-corrected chi connectivity index (χ0v) is 12.7. The van der Waals surface area contributed by atoms with Crippen LogP contribution in [0.3, 0.4) is 0 Å². The number of ether oxygens (including phenoxy) is 2. The lowest BCUT2D eigenvalue weighted by Crippen LogP contribution is -2.69. The third kappa shape index (κ3) is 4.24. The van der Waals surface area contributed by atoms with Crippen LogP contribution in [-0.4, -0.2) is 42.6 Å². The number of halogens is 3. The van der Waals surface area contributed by atoms with E-state index < -0.39 is 23.9 Å². The predicted molar refractivity (Wildman–Crippen MR) is 73.6 cm³/mol. The summed E-state index contributed by atoms with van der Waals surface area (Å²) in [6, 6.07) is 2.71. The van der Waals surface area contributed by atoms with Crippen molar-refractivity contribution >= 4 is 17.9 Å². The Labute approximate surface area is 130 Å². The zero-order valence-electron chi connectivity index (χ0n) is 12.7. The first kappa shape index (κ1) is 18.5. The summed E-state index contributed by atoms with van der Waals surface area (Å²) in [6.45, 7) is 2.91. The van der Waals surface area contributed by atoms with Crippen molar-refractivity contribution in [1.82, 2.24) is 10.3 Å². The molecule has 23 heavy (non-hydrogen) atoms. The quantitative estimate of drug-likeness (QED) is 0.632. The first-order valence-electron chi connectivity index (χ1n) is 6.47. The number of rotatable bonds is 5. The van der Waals surface area contributed by atoms with E-state index in [9.17, 15) is 22.8 Å². The highest BCUT2D eigenvalue weighted by molar-refractivity contribution is 5.89. The van der Waals surface area contributed by atoms with Gasteiger partial charge in [0.2, 0.25) is 0 Å². The second kappa shape index (κ2) is 7.16. The molecule has 7 nitrogen and oxygen atoms in total. The Morgan fingerprint density at radius 2 is 1.96 bits per heavy atom. The van der Waals surface area contributed by atoms with Gasteiger partial charge in [-0.25, -0.2) is 14.6 Å². The van der Waals surface area contributed by atoms with Gasteiger partial charge in [0.1, 0.15) is 5.82 Å². The van der Waals surface area contributed by atoms with Crippen LogP contribution in [0.1, 0.15) is 12.5 Å². The molecule has 1 aromatic rings. The summed E-state index contributed by atoms with van der Waals surface area (Å²) in [5.41, 5.74) is -2.83. The van der Waals surface area contributed by atoms with Crippen molar-refractivity contribution in [3.05, 3.63) is 23.9 Å². The number of aromatic nitrogens is 1. The molecule has 0 bridgehead atoms. The van der Waals surface area contributed by atoms with E-state index in [-0.39, 0.29) is 12.4 Å². The second-order valence-electron chi connectivity index (χ2n) is 4.43. The summed E-state index contributed by atoms with van der Waals surface area (Å²) in [5.74, 6) is -2.05. The maximum absolute atomic E-state index is 13.5.